The SMILES string of the molecule is Cc1[nH]n(C23CC4CC(CC(C4)C2)C3)c(=O)c1CN. The van der Waals surface area contributed by atoms with Crippen LogP contribution in [-0.4, -0.2) is 9.78 Å². The molecule has 4 aliphatic rings. The third kappa shape index (κ3) is 1.52. The third-order valence-corrected chi connectivity index (χ3v) is 5.88. The van der Waals surface area contributed by atoms with Gasteiger partial charge < -0.3 is 5.73 Å². The van der Waals surface area contributed by atoms with Gasteiger partial charge in [0, 0.05) is 12.2 Å². The quantitative estimate of drug-likeness (QED) is 0.853. The molecule has 4 heteroatoms. The Hall–Kier alpha value is -1.03. The molecule has 1 heterocycles. The largest absolute Gasteiger partial charge is 0.326 e. The highest BCUT2D eigenvalue weighted by Gasteiger charge is 2.52. The first-order valence-corrected chi connectivity index (χ1v) is 7.62. The zero-order valence-electron chi connectivity index (χ0n) is 11.6. The molecule has 0 unspecified atom stereocenters. The van der Waals surface area contributed by atoms with Crippen molar-refractivity contribution in [1.82, 2.24) is 9.78 Å². The second-order valence-corrected chi connectivity index (χ2v) is 7.20. The Morgan fingerprint density at radius 1 is 1.21 bits per heavy atom. The molecule has 0 saturated heterocycles. The number of nitrogens with two attached hydrogens (primary N) is 1. The van der Waals surface area contributed by atoms with Gasteiger partial charge in [-0.05, 0) is 63.2 Å². The Kier molecular flexibility index (Phi) is 2.32. The molecule has 4 saturated carbocycles. The van der Waals surface area contributed by atoms with Gasteiger partial charge in [-0.25, -0.2) is 4.68 Å². The highest BCUT2D eigenvalue weighted by Crippen LogP contribution is 2.58. The molecule has 4 bridgehead atoms. The Bertz CT molecular complexity index is 533. The molecule has 0 aliphatic heterocycles. The molecule has 0 spiro atoms. The van der Waals surface area contributed by atoms with Gasteiger partial charge in [0.2, 0.25) is 0 Å². The summed E-state index contributed by atoms with van der Waals surface area (Å²) >= 11 is 0. The van der Waals surface area contributed by atoms with Gasteiger partial charge in [-0.3, -0.25) is 9.89 Å². The highest BCUT2D eigenvalue weighted by atomic mass is 16.1. The number of H-pyrrole nitrogens is 1. The molecule has 4 fully saturated rings. The van der Waals surface area contributed by atoms with Crippen molar-refractivity contribution in [1.29, 1.82) is 0 Å². The summed E-state index contributed by atoms with van der Waals surface area (Å²) in [4.78, 5) is 12.6. The predicted octanol–water partition coefficient (Wildman–Crippen LogP) is 1.87. The molecule has 3 N–H and O–H groups in total. The lowest BCUT2D eigenvalue weighted by atomic mass is 9.53. The predicted molar refractivity (Wildman–Crippen MR) is 73.8 cm³/mol. The molecule has 0 aromatic carbocycles. The molecule has 0 amide bonds. The van der Waals surface area contributed by atoms with Crippen LogP contribution < -0.4 is 11.3 Å². The third-order valence-electron chi connectivity index (χ3n) is 5.88. The zero-order valence-corrected chi connectivity index (χ0v) is 11.6. The van der Waals surface area contributed by atoms with Crippen molar-refractivity contribution in [2.45, 2.75) is 57.5 Å². The van der Waals surface area contributed by atoms with E-state index in [1.165, 1.54) is 38.5 Å². The van der Waals surface area contributed by atoms with Gasteiger partial charge in [-0.1, -0.05) is 0 Å². The first kappa shape index (κ1) is 11.8. The molecule has 0 atom stereocenters. The van der Waals surface area contributed by atoms with Crippen LogP contribution in [0.25, 0.3) is 0 Å². The fraction of sp³-hybridized carbons (Fsp3) is 0.800. The number of hydrogen-bond acceptors (Lipinski definition) is 2. The summed E-state index contributed by atoms with van der Waals surface area (Å²) in [5.41, 5.74) is 7.69. The van der Waals surface area contributed by atoms with Crippen LogP contribution in [0, 0.1) is 24.7 Å². The number of nitrogens with zero attached hydrogens (tertiary/aromatic N) is 1. The molecule has 4 aliphatic carbocycles. The van der Waals surface area contributed by atoms with E-state index in [1.807, 2.05) is 11.6 Å². The van der Waals surface area contributed by atoms with Crippen LogP contribution in [0.1, 0.15) is 49.8 Å². The molecule has 5 rings (SSSR count). The lowest BCUT2D eigenvalue weighted by molar-refractivity contribution is -0.0511. The summed E-state index contributed by atoms with van der Waals surface area (Å²) in [6.07, 6.45) is 7.79. The standard InChI is InChI=1S/C15H23N3O/c1-9-13(8-16)14(19)18(17-9)15-5-10-2-11(6-15)4-12(3-10)7-15/h10-12,17H,2-8,16H2,1H3. The summed E-state index contributed by atoms with van der Waals surface area (Å²) in [6.45, 7) is 2.32. The second kappa shape index (κ2) is 3.75. The number of aromatic nitrogens is 2. The molecule has 19 heavy (non-hydrogen) atoms. The summed E-state index contributed by atoms with van der Waals surface area (Å²) in [7, 11) is 0. The van der Waals surface area contributed by atoms with E-state index in [1.54, 1.807) is 0 Å². The summed E-state index contributed by atoms with van der Waals surface area (Å²) in [5, 5.41) is 3.35. The van der Waals surface area contributed by atoms with Crippen molar-refractivity contribution in [2.75, 3.05) is 0 Å². The zero-order chi connectivity index (χ0) is 13.2. The van der Waals surface area contributed by atoms with Gasteiger partial charge in [0.05, 0.1) is 11.1 Å². The molecule has 1 aromatic rings. The van der Waals surface area contributed by atoms with Gasteiger partial charge >= 0.3 is 0 Å². The maximum absolute atomic E-state index is 12.6. The molecule has 104 valence electrons. The van der Waals surface area contributed by atoms with Crippen LogP contribution in [0.5, 0.6) is 0 Å². The Labute approximate surface area is 113 Å². The number of nitrogens with one attached hydrogen (secondary N) is 1. The van der Waals surface area contributed by atoms with Crippen LogP contribution in [0.4, 0.5) is 0 Å². The van der Waals surface area contributed by atoms with Crippen LogP contribution in [0.15, 0.2) is 4.79 Å². The number of aromatic amines is 1. The van der Waals surface area contributed by atoms with E-state index < -0.39 is 0 Å². The minimum absolute atomic E-state index is 0.0873. The average molecular weight is 261 g/mol. The van der Waals surface area contributed by atoms with Crippen molar-refractivity contribution in [3.63, 3.8) is 0 Å². The summed E-state index contributed by atoms with van der Waals surface area (Å²) in [5.74, 6) is 2.55. The summed E-state index contributed by atoms with van der Waals surface area (Å²) in [6, 6.07) is 0. The normalized spacial score (nSPS) is 40.0. The van der Waals surface area contributed by atoms with E-state index in [9.17, 15) is 4.79 Å². The van der Waals surface area contributed by atoms with E-state index >= 15 is 0 Å². The van der Waals surface area contributed by atoms with Crippen molar-refractivity contribution in [3.8, 4) is 0 Å². The molecular formula is C15H23N3O. The minimum atomic E-state index is 0.0873. The maximum atomic E-state index is 12.6. The van der Waals surface area contributed by atoms with E-state index in [4.69, 9.17) is 5.73 Å². The monoisotopic (exact) mass is 261 g/mol. The van der Waals surface area contributed by atoms with Crippen LogP contribution in [0.2, 0.25) is 0 Å². The van der Waals surface area contributed by atoms with Crippen molar-refractivity contribution < 1.29 is 0 Å². The number of rotatable bonds is 2. The fourth-order valence-corrected chi connectivity index (χ4v) is 5.49. The molecule has 1 aromatic heterocycles. The van der Waals surface area contributed by atoms with Crippen LogP contribution in [-0.2, 0) is 12.1 Å². The van der Waals surface area contributed by atoms with Gasteiger partial charge in [-0.15, -0.1) is 0 Å². The lowest BCUT2D eigenvalue weighted by Gasteiger charge is -2.56. The van der Waals surface area contributed by atoms with E-state index in [-0.39, 0.29) is 11.1 Å². The summed E-state index contributed by atoms with van der Waals surface area (Å²) < 4.78 is 1.97. The lowest BCUT2D eigenvalue weighted by Crippen LogP contribution is -2.54. The Balaban J connectivity index is 1.82. The minimum Gasteiger partial charge on any atom is -0.326 e. The second-order valence-electron chi connectivity index (χ2n) is 7.20. The van der Waals surface area contributed by atoms with Gasteiger partial charge in [-0.2, -0.15) is 0 Å². The number of aryl methyl sites for hydroxylation is 1. The first-order chi connectivity index (χ1) is 9.11. The Morgan fingerprint density at radius 2 is 1.74 bits per heavy atom. The van der Waals surface area contributed by atoms with Crippen LogP contribution >= 0.6 is 0 Å². The molecule has 4 nitrogen and oxygen atoms in total. The van der Waals surface area contributed by atoms with Crippen LogP contribution in [0.3, 0.4) is 0 Å². The molecular weight excluding hydrogens is 238 g/mol. The van der Waals surface area contributed by atoms with Gasteiger partial charge in [0.1, 0.15) is 0 Å². The molecule has 0 radical (unpaired) electrons. The maximum Gasteiger partial charge on any atom is 0.271 e. The van der Waals surface area contributed by atoms with Crippen molar-refractivity contribution in [3.05, 3.63) is 21.6 Å². The number of hydrogen-bond donors (Lipinski definition) is 2. The van der Waals surface area contributed by atoms with Crippen molar-refractivity contribution in [2.24, 2.45) is 23.5 Å². The average Bonchev–Trinajstić information content (AvgIpc) is 2.63. The smallest absolute Gasteiger partial charge is 0.271 e. The highest BCUT2D eigenvalue weighted by molar-refractivity contribution is 5.18. The van der Waals surface area contributed by atoms with Crippen molar-refractivity contribution >= 4 is 0 Å². The van der Waals surface area contributed by atoms with Gasteiger partial charge in [0.15, 0.2) is 0 Å². The van der Waals surface area contributed by atoms with E-state index in [2.05, 4.69) is 5.10 Å². The topological polar surface area (TPSA) is 63.8 Å². The van der Waals surface area contributed by atoms with Gasteiger partial charge in [0.25, 0.3) is 5.56 Å². The fourth-order valence-electron chi connectivity index (χ4n) is 5.49. The van der Waals surface area contributed by atoms with E-state index in [0.29, 0.717) is 6.54 Å². The Morgan fingerprint density at radius 3 is 2.16 bits per heavy atom. The first-order valence-electron chi connectivity index (χ1n) is 7.62. The van der Waals surface area contributed by atoms with E-state index in [0.717, 1.165) is 29.0 Å².